The third-order valence-corrected chi connectivity index (χ3v) is 2.57. The molecule has 0 heterocycles. The Morgan fingerprint density at radius 1 is 0.762 bits per heavy atom. The van der Waals surface area contributed by atoms with Gasteiger partial charge in [-0.3, -0.25) is 9.59 Å². The van der Waals surface area contributed by atoms with Crippen LogP contribution in [-0.2, 0) is 9.59 Å². The molecule has 0 rings (SSSR count). The van der Waals surface area contributed by atoms with E-state index < -0.39 is 24.0 Å². The van der Waals surface area contributed by atoms with Crippen LogP contribution in [0.2, 0.25) is 0 Å². The van der Waals surface area contributed by atoms with Gasteiger partial charge in [-0.1, -0.05) is 12.8 Å². The molecule has 0 bridgehead atoms. The fourth-order valence-electron chi connectivity index (χ4n) is 1.26. The molecule has 0 amide bonds. The third kappa shape index (κ3) is 20.0. The maximum absolute atomic E-state index is 10.1. The van der Waals surface area contributed by atoms with Gasteiger partial charge in [0.1, 0.15) is 12.1 Å². The summed E-state index contributed by atoms with van der Waals surface area (Å²) in [7, 11) is 0. The summed E-state index contributed by atoms with van der Waals surface area (Å²) >= 11 is 0. The van der Waals surface area contributed by atoms with Crippen LogP contribution in [0.3, 0.4) is 0 Å². The zero-order valence-corrected chi connectivity index (χ0v) is 14.7. The first kappa shape index (κ1) is 26.0. The van der Waals surface area contributed by atoms with Gasteiger partial charge in [0.2, 0.25) is 0 Å². The van der Waals surface area contributed by atoms with E-state index in [0.717, 1.165) is 25.7 Å². The summed E-state index contributed by atoms with van der Waals surface area (Å²) in [6, 6.07) is -1.43. The van der Waals surface area contributed by atoms with Crippen molar-refractivity contribution in [3.63, 3.8) is 0 Å². The quantitative estimate of drug-likeness (QED) is 0.210. The van der Waals surface area contributed by atoms with Gasteiger partial charge in [0.05, 0.1) is 0 Å². The number of carboxylic acid groups (broad SMARTS) is 2. The number of hydrogen-bond donors (Lipinski definition) is 6. The van der Waals surface area contributed by atoms with Gasteiger partial charge < -0.3 is 33.1 Å². The molecule has 0 saturated carbocycles. The van der Waals surface area contributed by atoms with Crippen LogP contribution < -0.4 is 22.9 Å². The first-order valence-corrected chi connectivity index (χ1v) is 6.73. The van der Waals surface area contributed by atoms with Gasteiger partial charge in [-0.2, -0.15) is 0 Å². The number of carboxylic acids is 2. The van der Waals surface area contributed by atoms with Crippen LogP contribution in [0.15, 0.2) is 0 Å². The summed E-state index contributed by atoms with van der Waals surface area (Å²) in [6.45, 7) is 1.21. The topological polar surface area (TPSA) is 179 Å². The Kier molecular flexibility index (Phi) is 22.4. The van der Waals surface area contributed by atoms with E-state index in [-0.39, 0.29) is 37.7 Å². The second-order valence-corrected chi connectivity index (χ2v) is 4.46. The summed E-state index contributed by atoms with van der Waals surface area (Å²) < 4.78 is 0. The van der Waals surface area contributed by atoms with Crippen LogP contribution >= 0.6 is 0 Å². The first-order valence-electron chi connectivity index (χ1n) is 6.73. The van der Waals surface area contributed by atoms with E-state index in [1.54, 1.807) is 0 Å². The van der Waals surface area contributed by atoms with Crippen LogP contribution in [0.5, 0.6) is 0 Å². The summed E-state index contributed by atoms with van der Waals surface area (Å²) in [4.78, 5) is 20.3. The Morgan fingerprint density at radius 2 is 1.05 bits per heavy atom. The van der Waals surface area contributed by atoms with Gasteiger partial charge in [0.25, 0.3) is 0 Å². The molecule has 0 unspecified atom stereocenters. The van der Waals surface area contributed by atoms with Crippen molar-refractivity contribution >= 4 is 49.7 Å². The maximum Gasteiger partial charge on any atom is 0.320 e. The molecule has 0 aromatic carbocycles. The molecule has 0 aromatic heterocycles. The van der Waals surface area contributed by atoms with Crippen molar-refractivity contribution in [2.24, 2.45) is 22.9 Å². The molecule has 0 aliphatic heterocycles. The zero-order chi connectivity index (χ0) is 16.0. The van der Waals surface area contributed by atoms with Crippen molar-refractivity contribution in [3.05, 3.63) is 0 Å². The van der Waals surface area contributed by atoms with Gasteiger partial charge in [-0.05, 0) is 38.8 Å². The molecular formula is C12H28CaN4O4. The van der Waals surface area contributed by atoms with Crippen molar-refractivity contribution in [3.8, 4) is 0 Å². The van der Waals surface area contributed by atoms with Gasteiger partial charge in [-0.25, -0.2) is 0 Å². The Hall–Kier alpha value is 0.0397. The summed E-state index contributed by atoms with van der Waals surface area (Å²) in [6.07, 6.45) is 4.33. The molecule has 21 heavy (non-hydrogen) atoms. The van der Waals surface area contributed by atoms with Crippen LogP contribution in [0.1, 0.15) is 38.5 Å². The van der Waals surface area contributed by atoms with Crippen molar-refractivity contribution < 1.29 is 19.8 Å². The minimum atomic E-state index is -0.933. The molecule has 10 N–H and O–H groups in total. The van der Waals surface area contributed by atoms with Crippen LogP contribution in [0, 0.1) is 0 Å². The van der Waals surface area contributed by atoms with Gasteiger partial charge >= 0.3 is 11.9 Å². The number of nitrogens with two attached hydrogens (primary N) is 4. The monoisotopic (exact) mass is 332 g/mol. The Labute approximate surface area is 155 Å². The van der Waals surface area contributed by atoms with E-state index in [4.69, 9.17) is 33.1 Å². The number of carbonyl (C=O) groups is 2. The molecule has 0 aliphatic carbocycles. The van der Waals surface area contributed by atoms with Crippen LogP contribution in [0.4, 0.5) is 0 Å². The van der Waals surface area contributed by atoms with Gasteiger partial charge in [0, 0.05) is 37.7 Å². The maximum atomic E-state index is 10.1. The Bertz CT molecular complexity index is 244. The van der Waals surface area contributed by atoms with Crippen molar-refractivity contribution in [1.29, 1.82) is 0 Å². The molecule has 0 spiro atoms. The number of rotatable bonds is 10. The van der Waals surface area contributed by atoms with E-state index in [9.17, 15) is 9.59 Å². The van der Waals surface area contributed by atoms with E-state index in [1.807, 2.05) is 0 Å². The van der Waals surface area contributed by atoms with Crippen LogP contribution in [-0.4, -0.2) is 85.1 Å². The summed E-state index contributed by atoms with van der Waals surface area (Å²) in [5, 5.41) is 16.7. The Balaban J connectivity index is -0.000000295. The molecule has 122 valence electrons. The standard InChI is InChI=1S/2C6H14N2O2.Ca/c2*7-4-2-1-3-5(8)6(9)10;/h2*5H,1-4,7-8H2,(H,9,10);/t2*5-;/m00./s1. The van der Waals surface area contributed by atoms with Crippen LogP contribution in [0.25, 0.3) is 0 Å². The normalized spacial score (nSPS) is 12.4. The molecule has 0 aliphatic rings. The second kappa shape index (κ2) is 18.1. The zero-order valence-electron chi connectivity index (χ0n) is 12.5. The molecule has 0 aromatic rings. The number of hydrogen-bond acceptors (Lipinski definition) is 6. The largest absolute Gasteiger partial charge is 0.480 e. The second-order valence-electron chi connectivity index (χ2n) is 4.46. The predicted molar refractivity (Wildman–Crippen MR) is 82.8 cm³/mol. The number of unbranched alkanes of at least 4 members (excludes halogenated alkanes) is 2. The van der Waals surface area contributed by atoms with Gasteiger partial charge in [-0.15, -0.1) is 0 Å². The molecular weight excluding hydrogens is 304 g/mol. The number of aliphatic carboxylic acids is 2. The first-order chi connectivity index (χ1) is 9.36. The molecule has 2 atom stereocenters. The summed E-state index contributed by atoms with van der Waals surface area (Å²) in [5.74, 6) is -1.87. The average molecular weight is 332 g/mol. The minimum Gasteiger partial charge on any atom is -0.480 e. The molecule has 0 fully saturated rings. The summed E-state index contributed by atoms with van der Waals surface area (Å²) in [5.41, 5.74) is 20.8. The minimum absolute atomic E-state index is 0. The van der Waals surface area contributed by atoms with E-state index in [0.29, 0.717) is 25.9 Å². The molecule has 0 saturated heterocycles. The fourth-order valence-corrected chi connectivity index (χ4v) is 1.26. The van der Waals surface area contributed by atoms with E-state index in [2.05, 4.69) is 0 Å². The molecule has 9 heteroatoms. The SMILES string of the molecule is NCCCC[C@H](N)C(=O)O.NCCCC[C@H](N)C(=O)O.[Ca]. The van der Waals surface area contributed by atoms with Gasteiger partial charge in [0.15, 0.2) is 0 Å². The van der Waals surface area contributed by atoms with E-state index >= 15 is 0 Å². The average Bonchev–Trinajstić information content (AvgIpc) is 2.39. The van der Waals surface area contributed by atoms with Crippen molar-refractivity contribution in [1.82, 2.24) is 0 Å². The third-order valence-electron chi connectivity index (χ3n) is 2.57. The fraction of sp³-hybridized carbons (Fsp3) is 0.833. The Morgan fingerprint density at radius 3 is 1.24 bits per heavy atom. The smallest absolute Gasteiger partial charge is 0.320 e. The van der Waals surface area contributed by atoms with Crippen molar-refractivity contribution in [2.45, 2.75) is 50.6 Å². The predicted octanol–water partition coefficient (Wildman–Crippen LogP) is -1.33. The molecule has 2 radical (unpaired) electrons. The van der Waals surface area contributed by atoms with Crippen molar-refractivity contribution in [2.75, 3.05) is 13.1 Å². The molecule has 8 nitrogen and oxygen atoms in total. The van der Waals surface area contributed by atoms with E-state index in [1.165, 1.54) is 0 Å².